The normalized spacial score (nSPS) is 12.5. The van der Waals surface area contributed by atoms with Crippen molar-refractivity contribution in [2.75, 3.05) is 0 Å². The van der Waals surface area contributed by atoms with Crippen LogP contribution in [-0.4, -0.2) is 0 Å². The molecular formula is C16H15Br2Cl. The van der Waals surface area contributed by atoms with Crippen LogP contribution in [-0.2, 0) is 0 Å². The van der Waals surface area contributed by atoms with E-state index in [0.717, 1.165) is 14.5 Å². The summed E-state index contributed by atoms with van der Waals surface area (Å²) in [6.45, 7) is 6.36. The number of halogens is 3. The summed E-state index contributed by atoms with van der Waals surface area (Å²) in [5.74, 6) is 0. The van der Waals surface area contributed by atoms with Crippen molar-refractivity contribution in [3.63, 3.8) is 0 Å². The molecule has 0 aliphatic carbocycles. The first kappa shape index (κ1) is 15.1. The number of hydrogen-bond donors (Lipinski definition) is 0. The summed E-state index contributed by atoms with van der Waals surface area (Å²) in [5.41, 5.74) is 6.06. The van der Waals surface area contributed by atoms with E-state index in [4.69, 9.17) is 11.6 Å². The summed E-state index contributed by atoms with van der Waals surface area (Å²) in [7, 11) is 0. The minimum atomic E-state index is -0.136. The third-order valence-electron chi connectivity index (χ3n) is 3.23. The molecule has 0 saturated heterocycles. The molecule has 0 amide bonds. The molecule has 0 N–H and O–H groups in total. The zero-order chi connectivity index (χ0) is 14.2. The third-order valence-corrected chi connectivity index (χ3v) is 4.86. The van der Waals surface area contributed by atoms with Crippen LogP contribution in [0.15, 0.2) is 39.3 Å². The van der Waals surface area contributed by atoms with E-state index in [9.17, 15) is 0 Å². The second-order valence-electron chi connectivity index (χ2n) is 4.84. The van der Waals surface area contributed by atoms with Gasteiger partial charge in [-0.05, 0) is 55.2 Å². The molecule has 0 heterocycles. The van der Waals surface area contributed by atoms with Gasteiger partial charge in [-0.15, -0.1) is 11.6 Å². The topological polar surface area (TPSA) is 0 Å². The number of alkyl halides is 1. The number of aryl methyl sites for hydroxylation is 3. The van der Waals surface area contributed by atoms with E-state index in [2.05, 4.69) is 70.8 Å². The summed E-state index contributed by atoms with van der Waals surface area (Å²) >= 11 is 13.8. The maximum absolute atomic E-state index is 6.71. The molecule has 0 nitrogen and oxygen atoms in total. The van der Waals surface area contributed by atoms with E-state index >= 15 is 0 Å². The largest absolute Gasteiger partial charge is 0.113 e. The van der Waals surface area contributed by atoms with Gasteiger partial charge in [-0.3, -0.25) is 0 Å². The van der Waals surface area contributed by atoms with Crippen molar-refractivity contribution in [1.29, 1.82) is 0 Å². The highest BCUT2D eigenvalue weighted by molar-refractivity contribution is 9.11. The third kappa shape index (κ3) is 3.24. The Hall–Kier alpha value is -0.310. The highest BCUT2D eigenvalue weighted by Crippen LogP contribution is 2.38. The molecule has 2 aromatic rings. The van der Waals surface area contributed by atoms with Crippen LogP contribution in [0, 0.1) is 20.8 Å². The Bertz CT molecular complexity index is 597. The van der Waals surface area contributed by atoms with E-state index in [1.807, 2.05) is 12.1 Å². The smallest absolute Gasteiger partial charge is 0.0851 e. The molecular weight excluding hydrogens is 387 g/mol. The Morgan fingerprint density at radius 2 is 1.53 bits per heavy atom. The minimum Gasteiger partial charge on any atom is -0.113 e. The fourth-order valence-electron chi connectivity index (χ4n) is 2.45. The van der Waals surface area contributed by atoms with E-state index in [0.29, 0.717) is 0 Å². The van der Waals surface area contributed by atoms with Crippen LogP contribution < -0.4 is 0 Å². The molecule has 1 unspecified atom stereocenters. The monoisotopic (exact) mass is 400 g/mol. The molecule has 0 radical (unpaired) electrons. The van der Waals surface area contributed by atoms with Gasteiger partial charge < -0.3 is 0 Å². The van der Waals surface area contributed by atoms with Gasteiger partial charge in [0.1, 0.15) is 0 Å². The van der Waals surface area contributed by atoms with Crippen molar-refractivity contribution in [2.45, 2.75) is 26.1 Å². The lowest BCUT2D eigenvalue weighted by atomic mass is 9.94. The van der Waals surface area contributed by atoms with Gasteiger partial charge in [-0.1, -0.05) is 55.6 Å². The molecule has 0 aromatic heterocycles. The molecule has 0 aliphatic heterocycles. The summed E-state index contributed by atoms with van der Waals surface area (Å²) in [5, 5.41) is -0.136. The van der Waals surface area contributed by atoms with Crippen molar-refractivity contribution in [2.24, 2.45) is 0 Å². The molecule has 3 heteroatoms. The van der Waals surface area contributed by atoms with Crippen LogP contribution in [0.4, 0.5) is 0 Å². The van der Waals surface area contributed by atoms with Gasteiger partial charge >= 0.3 is 0 Å². The van der Waals surface area contributed by atoms with E-state index in [1.54, 1.807) is 0 Å². The Morgan fingerprint density at radius 3 is 2.05 bits per heavy atom. The van der Waals surface area contributed by atoms with Crippen LogP contribution in [0.5, 0.6) is 0 Å². The Morgan fingerprint density at radius 1 is 0.947 bits per heavy atom. The zero-order valence-corrected chi connectivity index (χ0v) is 15.0. The summed E-state index contributed by atoms with van der Waals surface area (Å²) in [6.07, 6.45) is 0. The van der Waals surface area contributed by atoms with Gasteiger partial charge in [0.15, 0.2) is 0 Å². The highest BCUT2D eigenvalue weighted by atomic mass is 79.9. The SMILES string of the molecule is Cc1cc(C)c(C(Cl)c2ccc(Br)cc2Br)c(C)c1. The van der Waals surface area contributed by atoms with Crippen LogP contribution in [0.25, 0.3) is 0 Å². The molecule has 2 rings (SSSR count). The average molecular weight is 403 g/mol. The number of rotatable bonds is 2. The Kier molecular flexibility index (Phi) is 4.75. The first-order valence-corrected chi connectivity index (χ1v) is 8.09. The number of benzene rings is 2. The molecule has 0 fully saturated rings. The first-order valence-electron chi connectivity index (χ1n) is 6.07. The molecule has 0 bridgehead atoms. The van der Waals surface area contributed by atoms with Crippen molar-refractivity contribution in [1.82, 2.24) is 0 Å². The van der Waals surface area contributed by atoms with E-state index < -0.39 is 0 Å². The predicted octanol–water partition coefficient (Wildman–Crippen LogP) is 6.47. The van der Waals surface area contributed by atoms with Gasteiger partial charge in [0.05, 0.1) is 5.38 Å². The van der Waals surface area contributed by atoms with Crippen LogP contribution in [0.1, 0.15) is 33.2 Å². The maximum atomic E-state index is 6.71. The number of hydrogen-bond acceptors (Lipinski definition) is 0. The van der Waals surface area contributed by atoms with Crippen molar-refractivity contribution in [3.8, 4) is 0 Å². The van der Waals surface area contributed by atoms with Gasteiger partial charge in [-0.2, -0.15) is 0 Å². The fourth-order valence-corrected chi connectivity index (χ4v) is 4.40. The molecule has 0 aliphatic rings. The average Bonchev–Trinajstić information content (AvgIpc) is 2.26. The first-order chi connectivity index (χ1) is 8.90. The lowest BCUT2D eigenvalue weighted by molar-refractivity contribution is 1.07. The molecule has 1 atom stereocenters. The summed E-state index contributed by atoms with van der Waals surface area (Å²) in [6, 6.07) is 10.5. The predicted molar refractivity (Wildman–Crippen MR) is 90.2 cm³/mol. The molecule has 19 heavy (non-hydrogen) atoms. The molecule has 0 saturated carbocycles. The summed E-state index contributed by atoms with van der Waals surface area (Å²) < 4.78 is 2.07. The van der Waals surface area contributed by atoms with Crippen molar-refractivity contribution >= 4 is 43.5 Å². The van der Waals surface area contributed by atoms with Crippen LogP contribution in [0.2, 0.25) is 0 Å². The van der Waals surface area contributed by atoms with Crippen LogP contribution >= 0.6 is 43.5 Å². The van der Waals surface area contributed by atoms with Gasteiger partial charge in [-0.25, -0.2) is 0 Å². The second kappa shape index (κ2) is 5.99. The van der Waals surface area contributed by atoms with Gasteiger partial charge in [0.25, 0.3) is 0 Å². The quantitative estimate of drug-likeness (QED) is 0.505. The van der Waals surface area contributed by atoms with Gasteiger partial charge in [0.2, 0.25) is 0 Å². The second-order valence-corrected chi connectivity index (χ2v) is 7.05. The highest BCUT2D eigenvalue weighted by Gasteiger charge is 2.18. The minimum absolute atomic E-state index is 0.136. The molecule has 0 spiro atoms. The van der Waals surface area contributed by atoms with Crippen molar-refractivity contribution in [3.05, 3.63) is 67.1 Å². The lowest BCUT2D eigenvalue weighted by Gasteiger charge is -2.18. The van der Waals surface area contributed by atoms with Crippen LogP contribution in [0.3, 0.4) is 0 Å². The van der Waals surface area contributed by atoms with Crippen molar-refractivity contribution < 1.29 is 0 Å². The fraction of sp³-hybridized carbons (Fsp3) is 0.250. The van der Waals surface area contributed by atoms with Gasteiger partial charge in [0, 0.05) is 8.95 Å². The maximum Gasteiger partial charge on any atom is 0.0851 e. The van der Waals surface area contributed by atoms with E-state index in [-0.39, 0.29) is 5.38 Å². The molecule has 2 aromatic carbocycles. The molecule has 100 valence electrons. The standard InChI is InChI=1S/C16H15Br2Cl/c1-9-6-10(2)15(11(3)7-9)16(19)13-5-4-12(17)8-14(13)18/h4-8,16H,1-3H3. The lowest BCUT2D eigenvalue weighted by Crippen LogP contribution is -2.01. The zero-order valence-electron chi connectivity index (χ0n) is 11.1. The Labute approximate surface area is 136 Å². The Balaban J connectivity index is 2.53. The summed E-state index contributed by atoms with van der Waals surface area (Å²) in [4.78, 5) is 0. The van der Waals surface area contributed by atoms with E-state index in [1.165, 1.54) is 22.3 Å².